The summed E-state index contributed by atoms with van der Waals surface area (Å²) in [5.74, 6) is -2.40. The molecule has 0 unspecified atom stereocenters. The molecule has 1 heterocycles. The molecule has 2 fully saturated rings. The summed E-state index contributed by atoms with van der Waals surface area (Å²) in [6.45, 7) is 4.65. The van der Waals surface area contributed by atoms with Crippen LogP contribution in [-0.4, -0.2) is 49.3 Å². The maximum Gasteiger partial charge on any atom is 0.288 e. The van der Waals surface area contributed by atoms with Crippen LogP contribution in [0.25, 0.3) is 0 Å². The van der Waals surface area contributed by atoms with Crippen LogP contribution in [0.5, 0.6) is 0 Å². The van der Waals surface area contributed by atoms with Crippen molar-refractivity contribution in [3.8, 4) is 0 Å². The minimum absolute atomic E-state index is 0.228. The Bertz CT molecular complexity index is 603. The van der Waals surface area contributed by atoms with Gasteiger partial charge in [0.1, 0.15) is 18.6 Å². The number of morpholine rings is 1. The van der Waals surface area contributed by atoms with Crippen LogP contribution in [-0.2, 0) is 4.74 Å². The van der Waals surface area contributed by atoms with Crippen LogP contribution in [0, 0.1) is 0 Å². The highest BCUT2D eigenvalue weighted by molar-refractivity contribution is 7.99. The van der Waals surface area contributed by atoms with Gasteiger partial charge in [0.25, 0.3) is 5.76 Å². The molecule has 1 aromatic rings. The highest BCUT2D eigenvalue weighted by Crippen LogP contribution is 2.27. The van der Waals surface area contributed by atoms with Crippen LogP contribution in [0.4, 0.5) is 14.5 Å². The fourth-order valence-electron chi connectivity index (χ4n) is 4.18. The Labute approximate surface area is 169 Å². The molecule has 2 aliphatic rings. The van der Waals surface area contributed by atoms with Crippen LogP contribution in [0.1, 0.15) is 32.1 Å². The molecule has 0 aromatic heterocycles. The lowest BCUT2D eigenvalue weighted by atomic mass is 9.80. The third kappa shape index (κ3) is 6.01. The molecule has 150 valence electrons. The third-order valence-corrected chi connectivity index (χ3v) is 6.55. The number of hydrogen-bond acceptors (Lipinski definition) is 3. The Hall–Kier alpha value is -0.960. The van der Waals surface area contributed by atoms with E-state index in [1.54, 1.807) is 29.2 Å². The van der Waals surface area contributed by atoms with E-state index in [1.165, 1.54) is 32.1 Å². The second-order valence-corrected chi connectivity index (χ2v) is 8.74. The molecule has 27 heavy (non-hydrogen) atoms. The second-order valence-electron chi connectivity index (χ2n) is 7.27. The summed E-state index contributed by atoms with van der Waals surface area (Å²) in [4.78, 5) is 2.18. The van der Waals surface area contributed by atoms with Gasteiger partial charge in [-0.25, -0.2) is 0 Å². The van der Waals surface area contributed by atoms with E-state index in [0.717, 1.165) is 38.5 Å². The highest BCUT2D eigenvalue weighted by Gasteiger charge is 2.42. The van der Waals surface area contributed by atoms with Crippen LogP contribution in [0.2, 0.25) is 0 Å². The first-order chi connectivity index (χ1) is 13.1. The summed E-state index contributed by atoms with van der Waals surface area (Å²) in [6, 6.07) is 6.93. The van der Waals surface area contributed by atoms with Gasteiger partial charge < -0.3 is 20.3 Å². The van der Waals surface area contributed by atoms with Crippen molar-refractivity contribution in [3.63, 3.8) is 0 Å². The highest BCUT2D eigenvalue weighted by atomic mass is 32.2. The number of quaternary nitrogens is 1. The van der Waals surface area contributed by atoms with E-state index in [0.29, 0.717) is 21.8 Å². The molecule has 1 saturated heterocycles. The van der Waals surface area contributed by atoms with E-state index in [2.05, 4.69) is 10.6 Å². The largest absolute Gasteiger partial charge is 0.370 e. The Kier molecular flexibility index (Phi) is 7.69. The van der Waals surface area contributed by atoms with Crippen LogP contribution < -0.4 is 15.5 Å². The number of ether oxygens (including phenoxy) is 1. The van der Waals surface area contributed by atoms with E-state index < -0.39 is 5.76 Å². The number of benzene rings is 1. The molecule has 3 rings (SSSR count). The van der Waals surface area contributed by atoms with Crippen molar-refractivity contribution in [2.45, 2.75) is 48.3 Å². The number of rotatable bonds is 6. The molecular formula is C19H28F2N3OS2+. The van der Waals surface area contributed by atoms with E-state index in [1.807, 2.05) is 0 Å². The van der Waals surface area contributed by atoms with Crippen molar-refractivity contribution in [1.29, 1.82) is 0 Å². The van der Waals surface area contributed by atoms with E-state index in [4.69, 9.17) is 17.0 Å². The van der Waals surface area contributed by atoms with Crippen molar-refractivity contribution >= 4 is 34.8 Å². The second kappa shape index (κ2) is 10.0. The van der Waals surface area contributed by atoms with Gasteiger partial charge in [-0.2, -0.15) is 8.78 Å². The molecule has 1 aliphatic heterocycles. The molecule has 1 saturated carbocycles. The van der Waals surface area contributed by atoms with E-state index in [9.17, 15) is 8.78 Å². The number of thioether (sulfide) groups is 1. The van der Waals surface area contributed by atoms with Gasteiger partial charge in [0, 0.05) is 23.4 Å². The predicted molar refractivity (Wildman–Crippen MR) is 110 cm³/mol. The van der Waals surface area contributed by atoms with E-state index in [-0.39, 0.29) is 5.54 Å². The Balaban J connectivity index is 1.54. The first-order valence-corrected chi connectivity index (χ1v) is 10.9. The summed E-state index contributed by atoms with van der Waals surface area (Å²) in [5, 5.41) is 7.18. The zero-order valence-electron chi connectivity index (χ0n) is 15.4. The fraction of sp³-hybridized carbons (Fsp3) is 0.632. The summed E-state index contributed by atoms with van der Waals surface area (Å²) in [7, 11) is 0. The molecule has 0 bridgehead atoms. The van der Waals surface area contributed by atoms with Crippen LogP contribution in [0.15, 0.2) is 29.2 Å². The lowest BCUT2D eigenvalue weighted by Gasteiger charge is -2.45. The fourth-order valence-corrected chi connectivity index (χ4v) is 4.87. The number of halogens is 2. The van der Waals surface area contributed by atoms with Gasteiger partial charge in [0.2, 0.25) is 0 Å². The molecule has 0 spiro atoms. The van der Waals surface area contributed by atoms with Gasteiger partial charge in [-0.15, -0.1) is 0 Å². The van der Waals surface area contributed by atoms with Gasteiger partial charge in [-0.1, -0.05) is 18.2 Å². The average Bonchev–Trinajstić information content (AvgIpc) is 2.69. The standard InChI is InChI=1S/C19H27F2N3OS2/c20-17(21)27-16-6-4-15(5-7-16)23-18(26)22-14-19(8-2-1-3-9-19)24-10-12-25-13-11-24/h4-7,17H,1-3,8-14H2,(H2,22,23,26)/p+1. The number of alkyl halides is 2. The molecule has 0 atom stereocenters. The van der Waals surface area contributed by atoms with Crippen LogP contribution >= 0.6 is 24.0 Å². The number of nitrogens with one attached hydrogen (secondary N) is 3. The molecular weight excluding hydrogens is 388 g/mol. The number of hydrogen-bond donors (Lipinski definition) is 3. The molecule has 4 nitrogen and oxygen atoms in total. The first kappa shape index (κ1) is 20.8. The Morgan fingerprint density at radius 3 is 2.44 bits per heavy atom. The summed E-state index contributed by atoms with van der Waals surface area (Å²) < 4.78 is 30.4. The quantitative estimate of drug-likeness (QED) is 0.491. The van der Waals surface area contributed by atoms with Crippen molar-refractivity contribution in [1.82, 2.24) is 5.32 Å². The van der Waals surface area contributed by atoms with Crippen molar-refractivity contribution in [3.05, 3.63) is 24.3 Å². The number of anilines is 1. The van der Waals surface area contributed by atoms with Gasteiger partial charge in [0.05, 0.1) is 19.8 Å². The average molecular weight is 417 g/mol. The zero-order chi connectivity index (χ0) is 19.1. The SMILES string of the molecule is FC(F)Sc1ccc(NC(=S)NCC2([NH+]3CCOCC3)CCCCC2)cc1. The smallest absolute Gasteiger partial charge is 0.288 e. The predicted octanol–water partition coefficient (Wildman–Crippen LogP) is 2.91. The molecule has 0 amide bonds. The summed E-state index contributed by atoms with van der Waals surface area (Å²) in [5.41, 5.74) is 1.04. The lowest BCUT2D eigenvalue weighted by Crippen LogP contribution is -3.23. The molecule has 1 aliphatic carbocycles. The Morgan fingerprint density at radius 2 is 1.81 bits per heavy atom. The van der Waals surface area contributed by atoms with E-state index >= 15 is 0 Å². The normalized spacial score (nSPS) is 20.4. The summed E-state index contributed by atoms with van der Waals surface area (Å²) >= 11 is 6.02. The number of thiocarbonyl (C=S) groups is 1. The molecule has 3 N–H and O–H groups in total. The molecule has 8 heteroatoms. The van der Waals surface area contributed by atoms with Gasteiger partial charge in [0.15, 0.2) is 5.11 Å². The first-order valence-electron chi connectivity index (χ1n) is 9.60. The third-order valence-electron chi connectivity index (χ3n) is 5.58. The maximum atomic E-state index is 12.4. The van der Waals surface area contributed by atoms with Crippen molar-refractivity contribution < 1.29 is 18.4 Å². The zero-order valence-corrected chi connectivity index (χ0v) is 17.1. The maximum absolute atomic E-state index is 12.4. The summed E-state index contributed by atoms with van der Waals surface area (Å²) in [6.07, 6.45) is 6.30. The Morgan fingerprint density at radius 1 is 1.15 bits per heavy atom. The molecule has 0 radical (unpaired) electrons. The van der Waals surface area contributed by atoms with Crippen LogP contribution in [0.3, 0.4) is 0 Å². The minimum Gasteiger partial charge on any atom is -0.370 e. The molecule has 1 aromatic carbocycles. The topological polar surface area (TPSA) is 37.7 Å². The van der Waals surface area contributed by atoms with Crippen molar-refractivity contribution in [2.24, 2.45) is 0 Å². The van der Waals surface area contributed by atoms with Gasteiger partial charge >= 0.3 is 0 Å². The van der Waals surface area contributed by atoms with Gasteiger partial charge in [-0.3, -0.25) is 0 Å². The monoisotopic (exact) mass is 416 g/mol. The van der Waals surface area contributed by atoms with Crippen molar-refractivity contribution in [2.75, 3.05) is 38.2 Å². The van der Waals surface area contributed by atoms with Gasteiger partial charge in [-0.05, 0) is 49.3 Å². The minimum atomic E-state index is -2.40. The lowest BCUT2D eigenvalue weighted by molar-refractivity contribution is -0.960.